The van der Waals surface area contributed by atoms with Crippen molar-refractivity contribution in [2.45, 2.75) is 31.6 Å². The van der Waals surface area contributed by atoms with E-state index in [1.807, 2.05) is 38.1 Å². The highest BCUT2D eigenvalue weighted by Gasteiger charge is 2.17. The lowest BCUT2D eigenvalue weighted by atomic mass is 10.1. The number of benzene rings is 1. The topological polar surface area (TPSA) is 17.1 Å². The number of hydrogen-bond donors (Lipinski definition) is 0. The minimum Gasteiger partial charge on any atom is -0.249 e. The van der Waals surface area contributed by atoms with Gasteiger partial charge in [-0.25, -0.2) is 4.21 Å². The molecule has 1 aromatic rings. The smallest absolute Gasteiger partial charge is 0.0805 e. The van der Waals surface area contributed by atoms with Crippen molar-refractivity contribution in [1.82, 2.24) is 0 Å². The maximum absolute atomic E-state index is 11.6. The molecular weight excluding hydrogens is 192 g/mol. The molecule has 0 amide bonds. The molecule has 1 atom stereocenters. The van der Waals surface area contributed by atoms with Gasteiger partial charge in [-0.2, -0.15) is 0 Å². The zero-order valence-electron chi connectivity index (χ0n) is 8.75. The summed E-state index contributed by atoms with van der Waals surface area (Å²) in [5.74, 6) is 0. The minimum atomic E-state index is -0.954. The highest BCUT2D eigenvalue weighted by atomic mass is 32.2. The van der Waals surface area contributed by atoms with Crippen LogP contribution in [-0.2, 0) is 17.2 Å². The van der Waals surface area contributed by atoms with Gasteiger partial charge in [0.15, 0.2) is 0 Å². The summed E-state index contributed by atoms with van der Waals surface area (Å²) in [6.07, 6.45) is 1.85. The van der Waals surface area contributed by atoms with Gasteiger partial charge in [0.25, 0.3) is 0 Å². The van der Waals surface area contributed by atoms with Gasteiger partial charge >= 0.3 is 0 Å². The molecular formula is C12H16OS. The summed E-state index contributed by atoms with van der Waals surface area (Å²) in [4.78, 5) is 1.81. The Morgan fingerprint density at radius 1 is 1.21 bits per heavy atom. The van der Waals surface area contributed by atoms with E-state index in [0.717, 1.165) is 22.6 Å². The van der Waals surface area contributed by atoms with Crippen LogP contribution < -0.4 is 0 Å². The maximum atomic E-state index is 11.6. The van der Waals surface area contributed by atoms with Crippen LogP contribution in [0.25, 0.3) is 0 Å². The molecule has 2 heteroatoms. The Morgan fingerprint density at radius 3 is 2.57 bits per heavy atom. The van der Waals surface area contributed by atoms with E-state index in [0.29, 0.717) is 0 Å². The van der Waals surface area contributed by atoms with E-state index in [2.05, 4.69) is 6.58 Å². The molecule has 0 bridgehead atoms. The van der Waals surface area contributed by atoms with Crippen molar-refractivity contribution in [2.75, 3.05) is 0 Å². The summed E-state index contributed by atoms with van der Waals surface area (Å²) in [6.45, 7) is 7.79. The first-order valence-electron chi connectivity index (χ1n) is 4.96. The summed E-state index contributed by atoms with van der Waals surface area (Å²) in [5, 5.41) is 0. The first kappa shape index (κ1) is 11.2. The summed E-state index contributed by atoms with van der Waals surface area (Å²) >= 11 is 0. The number of aryl methyl sites for hydroxylation is 1. The Bertz CT molecular complexity index is 355. The molecule has 1 heterocycles. The van der Waals surface area contributed by atoms with E-state index in [-0.39, 0.29) is 0 Å². The second-order valence-electron chi connectivity index (χ2n) is 2.92. The molecule has 0 aliphatic carbocycles. The van der Waals surface area contributed by atoms with Crippen molar-refractivity contribution in [3.8, 4) is 0 Å². The van der Waals surface area contributed by atoms with Gasteiger partial charge in [0.1, 0.15) is 0 Å². The van der Waals surface area contributed by atoms with E-state index in [1.165, 1.54) is 5.56 Å². The molecule has 0 fully saturated rings. The van der Waals surface area contributed by atoms with Crippen LogP contribution >= 0.6 is 0 Å². The second-order valence-corrected chi connectivity index (χ2v) is 4.47. The average molecular weight is 208 g/mol. The molecule has 2 rings (SSSR count). The van der Waals surface area contributed by atoms with E-state index < -0.39 is 10.8 Å². The summed E-state index contributed by atoms with van der Waals surface area (Å²) < 4.78 is 11.6. The fourth-order valence-electron chi connectivity index (χ4n) is 1.41. The Labute approximate surface area is 88.3 Å². The Hall–Kier alpha value is -0.890. The van der Waals surface area contributed by atoms with Crippen LogP contribution in [0.15, 0.2) is 40.6 Å². The maximum Gasteiger partial charge on any atom is 0.0805 e. The van der Waals surface area contributed by atoms with Crippen molar-refractivity contribution < 1.29 is 4.21 Å². The molecule has 0 aromatic heterocycles. The first-order chi connectivity index (χ1) is 6.79. The molecule has 76 valence electrons. The van der Waals surface area contributed by atoms with Crippen LogP contribution in [0.4, 0.5) is 0 Å². The second kappa shape index (κ2) is 5.11. The van der Waals surface area contributed by atoms with Crippen LogP contribution in [0.5, 0.6) is 0 Å². The Balaban J connectivity index is 0.000000461. The Kier molecular flexibility index (Phi) is 4.08. The highest BCUT2D eigenvalue weighted by Crippen LogP contribution is 2.27. The predicted octanol–water partition coefficient (Wildman–Crippen LogP) is 3.28. The van der Waals surface area contributed by atoms with Gasteiger partial charge in [0.05, 0.1) is 10.8 Å². The highest BCUT2D eigenvalue weighted by molar-refractivity contribution is 7.89. The molecule has 1 aromatic carbocycles. The molecule has 1 nitrogen and oxygen atoms in total. The zero-order chi connectivity index (χ0) is 10.6. The van der Waals surface area contributed by atoms with Crippen LogP contribution in [0.2, 0.25) is 0 Å². The standard InChI is InChI=1S/C10H10OS.C2H6/c1-8-6-7-9-4-2-3-5-10(9)12(8)11;1-2/h2-5H,1,6-7H2;1-2H3. The molecule has 1 aliphatic heterocycles. The van der Waals surface area contributed by atoms with Gasteiger partial charge in [-0.05, 0) is 24.5 Å². The van der Waals surface area contributed by atoms with E-state index in [4.69, 9.17) is 0 Å². The van der Waals surface area contributed by atoms with Gasteiger partial charge < -0.3 is 0 Å². The number of allylic oxidation sites excluding steroid dienone is 1. The fraction of sp³-hybridized carbons (Fsp3) is 0.333. The molecule has 0 radical (unpaired) electrons. The summed E-state index contributed by atoms with van der Waals surface area (Å²) in [5.41, 5.74) is 1.21. The molecule has 0 spiro atoms. The largest absolute Gasteiger partial charge is 0.249 e. The van der Waals surface area contributed by atoms with Crippen LogP contribution in [0.3, 0.4) is 0 Å². The quantitative estimate of drug-likeness (QED) is 0.639. The van der Waals surface area contributed by atoms with Crippen LogP contribution in [-0.4, -0.2) is 4.21 Å². The van der Waals surface area contributed by atoms with Crippen molar-refractivity contribution in [3.63, 3.8) is 0 Å². The van der Waals surface area contributed by atoms with Crippen LogP contribution in [0, 0.1) is 0 Å². The monoisotopic (exact) mass is 208 g/mol. The molecule has 14 heavy (non-hydrogen) atoms. The number of fused-ring (bicyclic) bond motifs is 1. The average Bonchev–Trinajstić information content (AvgIpc) is 2.27. The lowest BCUT2D eigenvalue weighted by Crippen LogP contribution is -2.07. The van der Waals surface area contributed by atoms with Crippen molar-refractivity contribution in [1.29, 1.82) is 0 Å². The predicted molar refractivity (Wildman–Crippen MR) is 61.7 cm³/mol. The van der Waals surface area contributed by atoms with Crippen molar-refractivity contribution in [3.05, 3.63) is 41.3 Å². The van der Waals surface area contributed by atoms with Gasteiger partial charge in [0, 0.05) is 9.80 Å². The summed E-state index contributed by atoms with van der Waals surface area (Å²) in [7, 11) is -0.954. The van der Waals surface area contributed by atoms with E-state index >= 15 is 0 Å². The lowest BCUT2D eigenvalue weighted by Gasteiger charge is -2.16. The number of rotatable bonds is 0. The third-order valence-electron chi connectivity index (χ3n) is 2.11. The number of hydrogen-bond acceptors (Lipinski definition) is 1. The normalized spacial score (nSPS) is 19.3. The first-order valence-corrected chi connectivity index (χ1v) is 6.11. The molecule has 0 N–H and O–H groups in total. The third kappa shape index (κ3) is 2.13. The third-order valence-corrected chi connectivity index (χ3v) is 3.63. The lowest BCUT2D eigenvalue weighted by molar-refractivity contribution is 0.681. The molecule has 1 unspecified atom stereocenters. The zero-order valence-corrected chi connectivity index (χ0v) is 9.56. The van der Waals surface area contributed by atoms with E-state index in [1.54, 1.807) is 0 Å². The van der Waals surface area contributed by atoms with Crippen LogP contribution in [0.1, 0.15) is 25.8 Å². The Morgan fingerprint density at radius 2 is 1.86 bits per heavy atom. The molecule has 0 saturated carbocycles. The van der Waals surface area contributed by atoms with Crippen molar-refractivity contribution in [2.24, 2.45) is 0 Å². The van der Waals surface area contributed by atoms with E-state index in [9.17, 15) is 4.21 Å². The molecule has 1 aliphatic rings. The summed E-state index contributed by atoms with van der Waals surface area (Å²) in [6, 6.07) is 7.88. The minimum absolute atomic E-state index is 0.855. The SMILES string of the molecule is C=C1CCc2ccccc2S1=O.CC. The van der Waals surface area contributed by atoms with Gasteiger partial charge in [-0.15, -0.1) is 0 Å². The van der Waals surface area contributed by atoms with Crippen molar-refractivity contribution >= 4 is 10.8 Å². The fourth-order valence-corrected chi connectivity index (χ4v) is 2.62. The van der Waals surface area contributed by atoms with Gasteiger partial charge in [-0.3, -0.25) is 0 Å². The van der Waals surface area contributed by atoms with Gasteiger partial charge in [0.2, 0.25) is 0 Å². The molecule has 0 saturated heterocycles. The van der Waals surface area contributed by atoms with Gasteiger partial charge in [-0.1, -0.05) is 38.6 Å².